The number of hydrogen-bond acceptors (Lipinski definition) is 3. The number of benzene rings is 2. The molecule has 0 aliphatic carbocycles. The number of furan rings is 1. The predicted octanol–water partition coefficient (Wildman–Crippen LogP) is 6.28. The van der Waals surface area contributed by atoms with Crippen LogP contribution in [-0.2, 0) is 13.0 Å². The molecule has 3 heterocycles. The number of rotatable bonds is 2. The highest BCUT2D eigenvalue weighted by molar-refractivity contribution is 9.10. The summed E-state index contributed by atoms with van der Waals surface area (Å²) in [6.45, 7) is 0.920. The van der Waals surface area contributed by atoms with E-state index in [0.29, 0.717) is 10.7 Å². The van der Waals surface area contributed by atoms with Gasteiger partial charge in [-0.1, -0.05) is 39.7 Å². The molecule has 140 valence electrons. The molecular formula is C22H17BrClN3O. The number of aromatic nitrogens is 2. The standard InChI is InChI=1S/C22H17BrClN3O/c23-15-6-4-14(5-7-15)19-13-18-21(25-17-10-8-16(24)9-11-17)27-12-2-1-3-20(27)26-22(18)28-19/h4-11,13H,1-3,12H2/b25-21+. The van der Waals surface area contributed by atoms with E-state index >= 15 is 0 Å². The predicted molar refractivity (Wildman–Crippen MR) is 115 cm³/mol. The lowest BCUT2D eigenvalue weighted by Crippen LogP contribution is -2.28. The molecule has 2 aromatic heterocycles. The lowest BCUT2D eigenvalue weighted by molar-refractivity contribution is 0.490. The molecule has 0 fully saturated rings. The molecule has 0 saturated carbocycles. The monoisotopic (exact) mass is 453 g/mol. The van der Waals surface area contributed by atoms with Gasteiger partial charge in [-0.15, -0.1) is 0 Å². The Balaban J connectivity index is 1.76. The molecule has 6 heteroatoms. The Morgan fingerprint density at radius 2 is 1.82 bits per heavy atom. The van der Waals surface area contributed by atoms with Gasteiger partial charge in [-0.05, 0) is 55.3 Å². The SMILES string of the molecule is Clc1ccc(/N=c2\c3cc(-c4ccc(Br)cc4)oc3nc3n2CCCC3)cc1. The molecule has 1 aliphatic rings. The van der Waals surface area contributed by atoms with E-state index in [1.54, 1.807) is 0 Å². The fraction of sp³-hybridized carbons (Fsp3) is 0.182. The van der Waals surface area contributed by atoms with E-state index in [4.69, 9.17) is 26.0 Å². The van der Waals surface area contributed by atoms with Crippen molar-refractivity contribution in [1.29, 1.82) is 0 Å². The van der Waals surface area contributed by atoms with Crippen molar-refractivity contribution in [3.8, 4) is 11.3 Å². The molecule has 0 atom stereocenters. The number of fused-ring (bicyclic) bond motifs is 2. The molecule has 4 aromatic rings. The number of hydrogen-bond donors (Lipinski definition) is 0. The summed E-state index contributed by atoms with van der Waals surface area (Å²) in [6, 6.07) is 17.7. The Bertz CT molecular complexity index is 1220. The number of aryl methyl sites for hydroxylation is 1. The highest BCUT2D eigenvalue weighted by Crippen LogP contribution is 2.28. The summed E-state index contributed by atoms with van der Waals surface area (Å²) in [7, 11) is 0. The van der Waals surface area contributed by atoms with Gasteiger partial charge in [-0.25, -0.2) is 4.99 Å². The van der Waals surface area contributed by atoms with Crippen molar-refractivity contribution in [1.82, 2.24) is 9.55 Å². The third-order valence-electron chi connectivity index (χ3n) is 4.97. The third kappa shape index (κ3) is 3.29. The third-order valence-corrected chi connectivity index (χ3v) is 5.75. The largest absolute Gasteiger partial charge is 0.438 e. The Morgan fingerprint density at radius 3 is 2.61 bits per heavy atom. The Kier molecular flexibility index (Phi) is 4.57. The van der Waals surface area contributed by atoms with Crippen molar-refractivity contribution < 1.29 is 4.42 Å². The molecule has 0 saturated heterocycles. The van der Waals surface area contributed by atoms with Gasteiger partial charge >= 0.3 is 0 Å². The minimum absolute atomic E-state index is 0.638. The summed E-state index contributed by atoms with van der Waals surface area (Å²) in [5, 5.41) is 1.63. The Labute approximate surface area is 175 Å². The zero-order valence-electron chi connectivity index (χ0n) is 15.0. The molecule has 4 nitrogen and oxygen atoms in total. The normalized spacial score (nSPS) is 14.4. The van der Waals surface area contributed by atoms with Crippen LogP contribution in [-0.4, -0.2) is 9.55 Å². The maximum absolute atomic E-state index is 6.14. The van der Waals surface area contributed by atoms with Gasteiger partial charge in [-0.2, -0.15) is 4.98 Å². The van der Waals surface area contributed by atoms with Gasteiger partial charge in [0.1, 0.15) is 17.1 Å². The Hall–Kier alpha value is -2.37. The number of halogens is 2. The summed E-state index contributed by atoms with van der Waals surface area (Å²) in [5.41, 5.74) is 3.41. The topological polar surface area (TPSA) is 43.3 Å². The van der Waals surface area contributed by atoms with E-state index < -0.39 is 0 Å². The van der Waals surface area contributed by atoms with E-state index in [1.807, 2.05) is 54.6 Å². The zero-order valence-corrected chi connectivity index (χ0v) is 17.4. The minimum Gasteiger partial charge on any atom is -0.438 e. The second-order valence-corrected chi connectivity index (χ2v) is 8.24. The highest BCUT2D eigenvalue weighted by Gasteiger charge is 2.17. The van der Waals surface area contributed by atoms with Gasteiger partial charge < -0.3 is 8.98 Å². The van der Waals surface area contributed by atoms with Crippen LogP contribution in [0.2, 0.25) is 5.02 Å². The van der Waals surface area contributed by atoms with Crippen molar-refractivity contribution in [3.05, 3.63) is 75.4 Å². The molecule has 0 spiro atoms. The van der Waals surface area contributed by atoms with Gasteiger partial charge in [0, 0.05) is 28.0 Å². The molecule has 1 aliphatic heterocycles. The lowest BCUT2D eigenvalue weighted by atomic mass is 10.1. The molecule has 5 rings (SSSR count). The quantitative estimate of drug-likeness (QED) is 0.358. The molecule has 0 amide bonds. The summed E-state index contributed by atoms with van der Waals surface area (Å²) < 4.78 is 9.40. The molecule has 2 aromatic carbocycles. The first kappa shape index (κ1) is 17.7. The van der Waals surface area contributed by atoms with Crippen LogP contribution in [0.25, 0.3) is 22.4 Å². The first-order chi connectivity index (χ1) is 13.7. The number of nitrogens with zero attached hydrogens (tertiary/aromatic N) is 3. The van der Waals surface area contributed by atoms with Crippen LogP contribution < -0.4 is 5.49 Å². The second-order valence-electron chi connectivity index (χ2n) is 6.88. The van der Waals surface area contributed by atoms with Crippen LogP contribution in [0, 0.1) is 0 Å². The maximum Gasteiger partial charge on any atom is 0.232 e. The minimum atomic E-state index is 0.638. The van der Waals surface area contributed by atoms with Crippen LogP contribution >= 0.6 is 27.5 Å². The average Bonchev–Trinajstić information content (AvgIpc) is 3.14. The molecule has 0 radical (unpaired) electrons. The summed E-state index contributed by atoms with van der Waals surface area (Å²) in [5.74, 6) is 1.83. The van der Waals surface area contributed by atoms with Gasteiger partial charge in [0.05, 0.1) is 11.1 Å². The summed E-state index contributed by atoms with van der Waals surface area (Å²) >= 11 is 9.51. The van der Waals surface area contributed by atoms with Crippen molar-refractivity contribution in [3.63, 3.8) is 0 Å². The van der Waals surface area contributed by atoms with E-state index in [1.165, 1.54) is 0 Å². The molecule has 28 heavy (non-hydrogen) atoms. The van der Waals surface area contributed by atoms with Crippen molar-refractivity contribution >= 4 is 44.3 Å². The van der Waals surface area contributed by atoms with Gasteiger partial charge in [-0.3, -0.25) is 0 Å². The molecular weight excluding hydrogens is 438 g/mol. The van der Waals surface area contributed by atoms with Crippen molar-refractivity contribution in [2.75, 3.05) is 0 Å². The van der Waals surface area contributed by atoms with E-state index in [2.05, 4.69) is 20.5 Å². The first-order valence-electron chi connectivity index (χ1n) is 9.27. The van der Waals surface area contributed by atoms with E-state index in [0.717, 1.165) is 64.0 Å². The smallest absolute Gasteiger partial charge is 0.232 e. The molecule has 0 N–H and O–H groups in total. The lowest BCUT2D eigenvalue weighted by Gasteiger charge is -2.18. The highest BCUT2D eigenvalue weighted by atomic mass is 79.9. The molecule has 0 bridgehead atoms. The fourth-order valence-electron chi connectivity index (χ4n) is 3.56. The molecule has 0 unspecified atom stereocenters. The van der Waals surface area contributed by atoms with Gasteiger partial charge in [0.25, 0.3) is 0 Å². The Morgan fingerprint density at radius 1 is 1.04 bits per heavy atom. The first-order valence-corrected chi connectivity index (χ1v) is 10.4. The summed E-state index contributed by atoms with van der Waals surface area (Å²) in [4.78, 5) is 9.74. The van der Waals surface area contributed by atoms with Gasteiger partial charge in [0.15, 0.2) is 0 Å². The second kappa shape index (κ2) is 7.22. The fourth-order valence-corrected chi connectivity index (χ4v) is 3.95. The van der Waals surface area contributed by atoms with Gasteiger partial charge in [0.2, 0.25) is 5.71 Å². The van der Waals surface area contributed by atoms with Crippen LogP contribution in [0.15, 0.2) is 68.5 Å². The van der Waals surface area contributed by atoms with E-state index in [-0.39, 0.29) is 0 Å². The van der Waals surface area contributed by atoms with Crippen molar-refractivity contribution in [2.45, 2.75) is 25.8 Å². The van der Waals surface area contributed by atoms with Crippen LogP contribution in [0.3, 0.4) is 0 Å². The summed E-state index contributed by atoms with van der Waals surface area (Å²) in [6.07, 6.45) is 3.21. The van der Waals surface area contributed by atoms with Crippen LogP contribution in [0.4, 0.5) is 5.69 Å². The van der Waals surface area contributed by atoms with Crippen LogP contribution in [0.1, 0.15) is 18.7 Å². The van der Waals surface area contributed by atoms with Crippen LogP contribution in [0.5, 0.6) is 0 Å². The maximum atomic E-state index is 6.14. The zero-order chi connectivity index (χ0) is 19.1. The van der Waals surface area contributed by atoms with Crippen molar-refractivity contribution in [2.24, 2.45) is 4.99 Å². The average molecular weight is 455 g/mol. The van der Waals surface area contributed by atoms with E-state index in [9.17, 15) is 0 Å².